The van der Waals surface area contributed by atoms with Crippen LogP contribution in [-0.4, -0.2) is 109 Å². The zero-order valence-corrected chi connectivity index (χ0v) is 23.4. The van der Waals surface area contributed by atoms with Crippen LogP contribution in [0.4, 0.5) is 19.0 Å². The van der Waals surface area contributed by atoms with Crippen molar-refractivity contribution in [3.63, 3.8) is 0 Å². The molecule has 2 aliphatic heterocycles. The van der Waals surface area contributed by atoms with Crippen LogP contribution in [0.15, 0.2) is 24.3 Å². The number of ether oxygens (including phenoxy) is 1. The van der Waals surface area contributed by atoms with E-state index in [4.69, 9.17) is 14.7 Å². The molecule has 1 N–H and O–H groups in total. The molecule has 0 bridgehead atoms. The van der Waals surface area contributed by atoms with Gasteiger partial charge >= 0.3 is 6.18 Å². The van der Waals surface area contributed by atoms with Crippen molar-refractivity contribution in [2.45, 2.75) is 32.1 Å². The van der Waals surface area contributed by atoms with Gasteiger partial charge in [0.2, 0.25) is 11.8 Å². The average molecular weight is 574 g/mol. The molecule has 3 aromatic heterocycles. The third-order valence-corrected chi connectivity index (χ3v) is 8.09. The van der Waals surface area contributed by atoms with Crippen molar-refractivity contribution in [3.8, 4) is 5.95 Å². The number of halogens is 3. The molecule has 0 amide bonds. The second kappa shape index (κ2) is 10.5. The summed E-state index contributed by atoms with van der Waals surface area (Å²) >= 11 is 0. The first-order valence-electron chi connectivity index (χ1n) is 13.8. The molecule has 1 aromatic carbocycles. The van der Waals surface area contributed by atoms with Gasteiger partial charge in [0.05, 0.1) is 37.4 Å². The van der Waals surface area contributed by atoms with Crippen LogP contribution >= 0.6 is 0 Å². The Kier molecular flexibility index (Phi) is 7.12. The van der Waals surface area contributed by atoms with Crippen molar-refractivity contribution in [1.29, 1.82) is 0 Å². The van der Waals surface area contributed by atoms with Gasteiger partial charge in [0.1, 0.15) is 5.82 Å². The minimum Gasteiger partial charge on any atom is -0.394 e. The highest BCUT2D eigenvalue weighted by atomic mass is 19.4. The van der Waals surface area contributed by atoms with E-state index in [0.29, 0.717) is 49.8 Å². The summed E-state index contributed by atoms with van der Waals surface area (Å²) in [6, 6.07) is 6.46. The lowest BCUT2D eigenvalue weighted by Crippen LogP contribution is -2.55. The first-order chi connectivity index (χ1) is 19.6. The lowest BCUT2D eigenvalue weighted by molar-refractivity contribution is -0.145. The van der Waals surface area contributed by atoms with Gasteiger partial charge in [0.25, 0.3) is 0 Å². The van der Waals surface area contributed by atoms with Gasteiger partial charge in [0, 0.05) is 51.9 Å². The Morgan fingerprint density at radius 3 is 2.32 bits per heavy atom. The first-order valence-corrected chi connectivity index (χ1v) is 13.8. The van der Waals surface area contributed by atoms with E-state index in [2.05, 4.69) is 19.8 Å². The monoisotopic (exact) mass is 573 g/mol. The Morgan fingerprint density at radius 1 is 0.927 bits per heavy atom. The second-order valence-electron chi connectivity index (χ2n) is 11.2. The number of hydrogen-bond acceptors (Lipinski definition) is 9. The van der Waals surface area contributed by atoms with Crippen molar-refractivity contribution in [3.05, 3.63) is 35.9 Å². The number of piperazine rings is 1. The maximum absolute atomic E-state index is 14.2. The van der Waals surface area contributed by atoms with Crippen LogP contribution in [0.2, 0.25) is 0 Å². The van der Waals surface area contributed by atoms with E-state index in [1.165, 1.54) is 0 Å². The number of aryl methyl sites for hydroxylation is 1. The standard InChI is InChI=1S/C27H34F3N9O2/c1-26(2,17-40)38-10-8-36(9-11-38)16-20-32-21-22(35(20)3)33-25(34-23(21)37-12-14-41-15-13-37)39-19-7-5-4-6-18(19)31-24(39)27(28,29)30/h4-7,40H,8-17H2,1-3H3. The molecule has 5 heterocycles. The number of aliphatic hydroxyl groups is 1. The fourth-order valence-electron chi connectivity index (χ4n) is 5.55. The van der Waals surface area contributed by atoms with E-state index in [1.807, 2.05) is 30.4 Å². The summed E-state index contributed by atoms with van der Waals surface area (Å²) in [6.07, 6.45) is -4.71. The number of hydrogen-bond donors (Lipinski definition) is 1. The number of para-hydroxylation sites is 2. The summed E-state index contributed by atoms with van der Waals surface area (Å²) in [7, 11) is 1.84. The molecule has 14 heteroatoms. The molecular weight excluding hydrogens is 539 g/mol. The highest BCUT2D eigenvalue weighted by molar-refractivity contribution is 5.86. The highest BCUT2D eigenvalue weighted by Crippen LogP contribution is 2.35. The van der Waals surface area contributed by atoms with Crippen LogP contribution in [0.1, 0.15) is 25.5 Å². The normalized spacial score (nSPS) is 18.2. The van der Waals surface area contributed by atoms with E-state index in [-0.39, 0.29) is 29.1 Å². The summed E-state index contributed by atoms with van der Waals surface area (Å²) in [5.41, 5.74) is 1.21. The number of aromatic nitrogens is 6. The van der Waals surface area contributed by atoms with E-state index in [0.717, 1.165) is 36.6 Å². The third-order valence-electron chi connectivity index (χ3n) is 8.09. The van der Waals surface area contributed by atoms with Crippen molar-refractivity contribution in [2.24, 2.45) is 7.05 Å². The topological polar surface area (TPSA) is 101 Å². The molecule has 0 unspecified atom stereocenters. The molecule has 0 saturated carbocycles. The largest absolute Gasteiger partial charge is 0.450 e. The molecule has 0 radical (unpaired) electrons. The Labute approximate surface area is 235 Å². The van der Waals surface area contributed by atoms with Crippen molar-refractivity contribution >= 4 is 28.0 Å². The number of imidazole rings is 2. The van der Waals surface area contributed by atoms with Crippen LogP contribution in [-0.2, 0) is 24.5 Å². The molecule has 0 spiro atoms. The molecule has 2 aliphatic rings. The Morgan fingerprint density at radius 2 is 1.63 bits per heavy atom. The van der Waals surface area contributed by atoms with Gasteiger partial charge in [-0.1, -0.05) is 12.1 Å². The molecule has 41 heavy (non-hydrogen) atoms. The molecule has 220 valence electrons. The Bertz CT molecular complexity index is 1550. The maximum Gasteiger partial charge on any atom is 0.450 e. The van der Waals surface area contributed by atoms with E-state index < -0.39 is 12.0 Å². The number of aliphatic hydroxyl groups excluding tert-OH is 1. The molecule has 4 aromatic rings. The van der Waals surface area contributed by atoms with Gasteiger partial charge in [-0.3, -0.25) is 14.4 Å². The van der Waals surface area contributed by atoms with Crippen LogP contribution in [0, 0.1) is 0 Å². The molecule has 6 rings (SSSR count). The predicted molar refractivity (Wildman–Crippen MR) is 147 cm³/mol. The summed E-state index contributed by atoms with van der Waals surface area (Å²) in [5.74, 6) is 0.0596. The lowest BCUT2D eigenvalue weighted by Gasteiger charge is -2.43. The first kappa shape index (κ1) is 27.8. The Balaban J connectivity index is 1.43. The molecule has 2 fully saturated rings. The zero-order chi connectivity index (χ0) is 28.9. The lowest BCUT2D eigenvalue weighted by atomic mass is 10.0. The van der Waals surface area contributed by atoms with Crippen molar-refractivity contribution < 1.29 is 23.0 Å². The summed E-state index contributed by atoms with van der Waals surface area (Å²) in [4.78, 5) is 24.8. The van der Waals surface area contributed by atoms with Gasteiger partial charge in [-0.15, -0.1) is 0 Å². The molecule has 0 atom stereocenters. The van der Waals surface area contributed by atoms with E-state index >= 15 is 0 Å². The summed E-state index contributed by atoms with van der Waals surface area (Å²) in [5, 5.41) is 9.75. The maximum atomic E-state index is 14.2. The predicted octanol–water partition coefficient (Wildman–Crippen LogP) is 2.45. The number of nitrogens with zero attached hydrogens (tertiary/aromatic N) is 9. The van der Waals surface area contributed by atoms with E-state index in [1.54, 1.807) is 24.3 Å². The SMILES string of the molecule is Cn1c(CN2CCN(C(C)(C)CO)CC2)nc2c(N3CCOCC3)nc(-n3c(C(F)(F)F)nc4ccccc43)nc21. The molecule has 11 nitrogen and oxygen atoms in total. The fourth-order valence-corrected chi connectivity index (χ4v) is 5.55. The minimum absolute atomic E-state index is 0.0886. The number of benzene rings is 1. The number of anilines is 1. The molecule has 0 aliphatic carbocycles. The molecule has 2 saturated heterocycles. The number of morpholine rings is 1. The van der Waals surface area contributed by atoms with Crippen LogP contribution in [0.25, 0.3) is 28.1 Å². The summed E-state index contributed by atoms with van der Waals surface area (Å²) in [6.45, 7) is 9.98. The van der Waals surface area contributed by atoms with Gasteiger partial charge in [-0.2, -0.15) is 23.1 Å². The van der Waals surface area contributed by atoms with Crippen molar-refractivity contribution in [2.75, 3.05) is 64.0 Å². The van der Waals surface area contributed by atoms with E-state index in [9.17, 15) is 18.3 Å². The van der Waals surface area contributed by atoms with Crippen LogP contribution in [0.3, 0.4) is 0 Å². The highest BCUT2D eigenvalue weighted by Gasteiger charge is 2.39. The van der Waals surface area contributed by atoms with Crippen molar-refractivity contribution in [1.82, 2.24) is 38.9 Å². The van der Waals surface area contributed by atoms with Gasteiger partial charge < -0.3 is 19.3 Å². The quantitative estimate of drug-likeness (QED) is 0.373. The number of rotatable bonds is 6. The summed E-state index contributed by atoms with van der Waals surface area (Å²) < 4.78 is 51.0. The number of fused-ring (bicyclic) bond motifs is 2. The Hall–Kier alpha value is -3.33. The minimum atomic E-state index is -4.71. The third kappa shape index (κ3) is 5.13. The van der Waals surface area contributed by atoms with Crippen LogP contribution in [0.5, 0.6) is 0 Å². The smallest absolute Gasteiger partial charge is 0.394 e. The van der Waals surface area contributed by atoms with Gasteiger partial charge in [0.15, 0.2) is 17.0 Å². The van der Waals surface area contributed by atoms with Crippen LogP contribution < -0.4 is 4.90 Å². The zero-order valence-electron chi connectivity index (χ0n) is 23.4. The van der Waals surface area contributed by atoms with Gasteiger partial charge in [-0.25, -0.2) is 9.97 Å². The molecular formula is C27H34F3N9O2. The van der Waals surface area contributed by atoms with Gasteiger partial charge in [-0.05, 0) is 26.0 Å². The average Bonchev–Trinajstić information content (AvgIpc) is 3.51. The second-order valence-corrected chi connectivity index (χ2v) is 11.2. The fraction of sp³-hybridized carbons (Fsp3) is 0.556. The number of alkyl halides is 3.